The van der Waals surface area contributed by atoms with E-state index in [-0.39, 0.29) is 31.7 Å². The zero-order valence-electron chi connectivity index (χ0n) is 14.2. The van der Waals surface area contributed by atoms with Crippen molar-refractivity contribution in [3.8, 4) is 0 Å². The molecule has 0 rings (SSSR count). The Balaban J connectivity index is 3.56. The van der Waals surface area contributed by atoms with Crippen LogP contribution in [0.4, 0.5) is 0 Å². The van der Waals surface area contributed by atoms with Gasteiger partial charge in [0.25, 0.3) is 0 Å². The summed E-state index contributed by atoms with van der Waals surface area (Å²) in [6.07, 6.45) is 0. The van der Waals surface area contributed by atoms with E-state index in [0.29, 0.717) is 39.6 Å². The third kappa shape index (κ3) is 14.1. The molecule has 0 aliphatic carbocycles. The van der Waals surface area contributed by atoms with E-state index >= 15 is 0 Å². The lowest BCUT2D eigenvalue weighted by Gasteiger charge is -2.18. The third-order valence-corrected chi connectivity index (χ3v) is 2.63. The van der Waals surface area contributed by atoms with E-state index in [9.17, 15) is 9.59 Å². The second-order valence-electron chi connectivity index (χ2n) is 4.55. The zero-order chi connectivity index (χ0) is 17.3. The number of nitrogens with one attached hydrogen (secondary N) is 1. The van der Waals surface area contributed by atoms with Gasteiger partial charge in [0.05, 0.1) is 46.3 Å². The topological polar surface area (TPSA) is 95.6 Å². The van der Waals surface area contributed by atoms with Gasteiger partial charge in [-0.05, 0) is 0 Å². The standard InChI is InChI=1S/C14H28N2O7/c1-16(12-15-13(17)10-22-7-5-20-3)14(18)11-23-9-8-21-6-4-19-2/h4-12H2,1-3H3,(H,15,17). The molecule has 0 aromatic carbocycles. The quantitative estimate of drug-likeness (QED) is 0.298. The second kappa shape index (κ2) is 15.6. The lowest BCUT2D eigenvalue weighted by atomic mass is 10.5. The molecule has 0 spiro atoms. The summed E-state index contributed by atoms with van der Waals surface area (Å²) in [6, 6.07) is 0. The van der Waals surface area contributed by atoms with Crippen LogP contribution < -0.4 is 5.32 Å². The Kier molecular flexibility index (Phi) is 14.8. The Bertz CT molecular complexity index is 316. The molecule has 0 bridgehead atoms. The highest BCUT2D eigenvalue weighted by Crippen LogP contribution is 1.87. The summed E-state index contributed by atoms with van der Waals surface area (Å²) < 4.78 is 25.1. The van der Waals surface area contributed by atoms with Crippen molar-refractivity contribution in [1.29, 1.82) is 0 Å². The zero-order valence-corrected chi connectivity index (χ0v) is 14.2. The molecule has 0 aliphatic rings. The highest BCUT2D eigenvalue weighted by molar-refractivity contribution is 5.79. The fraction of sp³-hybridized carbons (Fsp3) is 0.857. The lowest BCUT2D eigenvalue weighted by Crippen LogP contribution is -2.41. The first-order valence-corrected chi connectivity index (χ1v) is 7.33. The fourth-order valence-corrected chi connectivity index (χ4v) is 1.28. The SMILES string of the molecule is COCCOCCOCC(=O)N(C)CNC(=O)COCCOC. The van der Waals surface area contributed by atoms with Gasteiger partial charge in [-0.2, -0.15) is 0 Å². The predicted octanol–water partition coefficient (Wildman–Crippen LogP) is -1.14. The summed E-state index contributed by atoms with van der Waals surface area (Å²) in [6.45, 7) is 2.48. The van der Waals surface area contributed by atoms with Crippen molar-refractivity contribution in [2.24, 2.45) is 0 Å². The number of hydrogen-bond acceptors (Lipinski definition) is 7. The van der Waals surface area contributed by atoms with Crippen LogP contribution in [0.1, 0.15) is 0 Å². The Morgan fingerprint density at radius 2 is 1.35 bits per heavy atom. The molecule has 9 heteroatoms. The molecule has 0 aliphatic heterocycles. The maximum Gasteiger partial charge on any atom is 0.249 e. The van der Waals surface area contributed by atoms with Gasteiger partial charge in [-0.15, -0.1) is 0 Å². The third-order valence-electron chi connectivity index (χ3n) is 2.63. The summed E-state index contributed by atoms with van der Waals surface area (Å²) in [5.74, 6) is -0.532. The average Bonchev–Trinajstić information content (AvgIpc) is 2.55. The summed E-state index contributed by atoms with van der Waals surface area (Å²) in [5.41, 5.74) is 0. The second-order valence-corrected chi connectivity index (χ2v) is 4.55. The van der Waals surface area contributed by atoms with Crippen LogP contribution in [0.5, 0.6) is 0 Å². The van der Waals surface area contributed by atoms with Crippen molar-refractivity contribution in [3.05, 3.63) is 0 Å². The molecule has 23 heavy (non-hydrogen) atoms. The Morgan fingerprint density at radius 1 is 0.826 bits per heavy atom. The molecule has 0 radical (unpaired) electrons. The van der Waals surface area contributed by atoms with Gasteiger partial charge in [0.1, 0.15) is 13.2 Å². The molecule has 0 fully saturated rings. The molecule has 2 amide bonds. The minimum atomic E-state index is -0.298. The first-order chi connectivity index (χ1) is 11.1. The molecule has 1 N–H and O–H groups in total. The Labute approximate surface area is 137 Å². The van der Waals surface area contributed by atoms with Gasteiger partial charge in [0.2, 0.25) is 11.8 Å². The molecule has 136 valence electrons. The number of nitrogens with zero attached hydrogens (tertiary/aromatic N) is 1. The highest BCUT2D eigenvalue weighted by atomic mass is 16.5. The Morgan fingerprint density at radius 3 is 2.00 bits per heavy atom. The number of amides is 2. The van der Waals surface area contributed by atoms with Crippen molar-refractivity contribution in [1.82, 2.24) is 10.2 Å². The fourth-order valence-electron chi connectivity index (χ4n) is 1.28. The molecule has 0 aromatic heterocycles. The minimum Gasteiger partial charge on any atom is -0.382 e. The minimum absolute atomic E-state index is 0.0651. The van der Waals surface area contributed by atoms with E-state index in [0.717, 1.165) is 0 Å². The van der Waals surface area contributed by atoms with Gasteiger partial charge in [-0.1, -0.05) is 0 Å². The van der Waals surface area contributed by atoms with Crippen LogP contribution in [0, 0.1) is 0 Å². The molecule has 0 saturated heterocycles. The van der Waals surface area contributed by atoms with Crippen LogP contribution in [0.15, 0.2) is 0 Å². The molecule has 0 aromatic rings. The van der Waals surface area contributed by atoms with E-state index in [1.54, 1.807) is 21.3 Å². The van der Waals surface area contributed by atoms with Crippen molar-refractivity contribution >= 4 is 11.8 Å². The number of hydrogen-bond donors (Lipinski definition) is 1. The number of ether oxygens (including phenoxy) is 5. The molecule has 0 atom stereocenters. The van der Waals surface area contributed by atoms with Gasteiger partial charge in [-0.25, -0.2) is 0 Å². The molecular weight excluding hydrogens is 308 g/mol. The summed E-state index contributed by atoms with van der Waals surface area (Å²) in [7, 11) is 4.73. The van der Waals surface area contributed by atoms with Crippen molar-refractivity contribution in [3.63, 3.8) is 0 Å². The van der Waals surface area contributed by atoms with Crippen molar-refractivity contribution in [2.75, 3.05) is 80.8 Å². The number of rotatable bonds is 15. The molecular formula is C14H28N2O7. The number of likely N-dealkylation sites (N-methyl/N-ethyl adjacent to an activating group) is 1. The normalized spacial score (nSPS) is 10.6. The van der Waals surface area contributed by atoms with Gasteiger partial charge < -0.3 is 33.9 Å². The summed E-state index contributed by atoms with van der Waals surface area (Å²) >= 11 is 0. The van der Waals surface area contributed by atoms with E-state index in [1.165, 1.54) is 4.90 Å². The Hall–Kier alpha value is -1.26. The van der Waals surface area contributed by atoms with E-state index in [4.69, 9.17) is 23.7 Å². The number of carbonyl (C=O) groups is 2. The smallest absolute Gasteiger partial charge is 0.249 e. The van der Waals surface area contributed by atoms with E-state index in [2.05, 4.69) is 5.32 Å². The van der Waals surface area contributed by atoms with Crippen LogP contribution in [0.2, 0.25) is 0 Å². The van der Waals surface area contributed by atoms with Crippen molar-refractivity contribution in [2.45, 2.75) is 0 Å². The van der Waals surface area contributed by atoms with E-state index in [1.807, 2.05) is 0 Å². The van der Waals surface area contributed by atoms with Crippen LogP contribution in [0.25, 0.3) is 0 Å². The largest absolute Gasteiger partial charge is 0.382 e. The van der Waals surface area contributed by atoms with Gasteiger partial charge in [0, 0.05) is 21.3 Å². The van der Waals surface area contributed by atoms with Gasteiger partial charge in [-0.3, -0.25) is 9.59 Å². The van der Waals surface area contributed by atoms with Gasteiger partial charge in [0.15, 0.2) is 0 Å². The number of carbonyl (C=O) groups excluding carboxylic acids is 2. The molecule has 0 unspecified atom stereocenters. The first-order valence-electron chi connectivity index (χ1n) is 7.33. The maximum absolute atomic E-state index is 11.7. The molecule has 0 heterocycles. The first kappa shape index (κ1) is 21.7. The molecule has 0 saturated carbocycles. The van der Waals surface area contributed by atoms with Crippen LogP contribution >= 0.6 is 0 Å². The summed E-state index contributed by atoms with van der Waals surface area (Å²) in [4.78, 5) is 24.5. The monoisotopic (exact) mass is 336 g/mol. The number of methoxy groups -OCH3 is 2. The summed E-state index contributed by atoms with van der Waals surface area (Å²) in [5, 5.41) is 2.57. The van der Waals surface area contributed by atoms with Crippen LogP contribution in [0.3, 0.4) is 0 Å². The van der Waals surface area contributed by atoms with Crippen LogP contribution in [-0.4, -0.2) is 97.5 Å². The molecule has 9 nitrogen and oxygen atoms in total. The highest BCUT2D eigenvalue weighted by Gasteiger charge is 2.10. The van der Waals surface area contributed by atoms with Gasteiger partial charge >= 0.3 is 0 Å². The average molecular weight is 336 g/mol. The maximum atomic E-state index is 11.7. The predicted molar refractivity (Wildman–Crippen MR) is 82.0 cm³/mol. The lowest BCUT2D eigenvalue weighted by molar-refractivity contribution is -0.136. The van der Waals surface area contributed by atoms with Crippen molar-refractivity contribution < 1.29 is 33.3 Å². The van der Waals surface area contributed by atoms with Crippen LogP contribution in [-0.2, 0) is 33.3 Å². The van der Waals surface area contributed by atoms with E-state index < -0.39 is 0 Å².